The van der Waals surface area contributed by atoms with Gasteiger partial charge in [0.2, 0.25) is 0 Å². The van der Waals surface area contributed by atoms with Gasteiger partial charge in [0.15, 0.2) is 0 Å². The van der Waals surface area contributed by atoms with Gasteiger partial charge in [-0.25, -0.2) is 4.79 Å². The highest BCUT2D eigenvalue weighted by Crippen LogP contribution is 2.00. The molecule has 1 aromatic rings. The van der Waals surface area contributed by atoms with Gasteiger partial charge in [0.1, 0.15) is 5.56 Å². The molecule has 14 heavy (non-hydrogen) atoms. The van der Waals surface area contributed by atoms with Crippen molar-refractivity contribution in [3.8, 4) is 0 Å². The Morgan fingerprint density at radius 1 is 1.50 bits per heavy atom. The van der Waals surface area contributed by atoms with Crippen LogP contribution >= 0.6 is 0 Å². The molecule has 0 atom stereocenters. The van der Waals surface area contributed by atoms with Gasteiger partial charge in [-0.1, -0.05) is 13.3 Å². The first-order valence-corrected chi connectivity index (χ1v) is 4.60. The minimum absolute atomic E-state index is 0.203. The van der Waals surface area contributed by atoms with Gasteiger partial charge >= 0.3 is 5.97 Å². The molecule has 4 nitrogen and oxygen atoms in total. The molecule has 1 rings (SSSR count). The van der Waals surface area contributed by atoms with E-state index in [1.54, 1.807) is 6.07 Å². The number of aryl methyl sites for hydroxylation is 1. The lowest BCUT2D eigenvalue weighted by Crippen LogP contribution is -2.18. The van der Waals surface area contributed by atoms with Crippen molar-refractivity contribution < 1.29 is 9.90 Å². The lowest BCUT2D eigenvalue weighted by molar-refractivity contribution is 0.0695. The molecular formula is C10H13NO3. The Morgan fingerprint density at radius 2 is 2.21 bits per heavy atom. The highest BCUT2D eigenvalue weighted by atomic mass is 16.4. The van der Waals surface area contributed by atoms with E-state index in [-0.39, 0.29) is 5.56 Å². The van der Waals surface area contributed by atoms with E-state index in [4.69, 9.17) is 5.11 Å². The zero-order valence-corrected chi connectivity index (χ0v) is 8.04. The lowest BCUT2D eigenvalue weighted by atomic mass is 10.1. The number of aromatic carboxylic acids is 1. The summed E-state index contributed by atoms with van der Waals surface area (Å²) in [6.45, 7) is 2.06. The summed E-state index contributed by atoms with van der Waals surface area (Å²) in [6, 6.07) is 3.01. The minimum atomic E-state index is -1.19. The maximum atomic E-state index is 11.2. The molecule has 2 N–H and O–H groups in total. The number of aromatic nitrogens is 1. The van der Waals surface area contributed by atoms with Gasteiger partial charge in [0.05, 0.1) is 0 Å². The van der Waals surface area contributed by atoms with Gasteiger partial charge in [-0.15, -0.1) is 0 Å². The molecule has 0 bridgehead atoms. The first-order chi connectivity index (χ1) is 6.65. The number of hydrogen-bond donors (Lipinski definition) is 2. The predicted octanol–water partition coefficient (Wildman–Crippen LogP) is 1.42. The molecule has 0 fully saturated rings. The van der Waals surface area contributed by atoms with Crippen LogP contribution in [0.3, 0.4) is 0 Å². The first-order valence-electron chi connectivity index (χ1n) is 4.60. The summed E-state index contributed by atoms with van der Waals surface area (Å²) in [5, 5.41) is 8.61. The molecule has 0 unspecified atom stereocenters. The zero-order chi connectivity index (χ0) is 10.6. The van der Waals surface area contributed by atoms with Crippen molar-refractivity contribution in [1.82, 2.24) is 4.98 Å². The number of unbranched alkanes of at least 4 members (excludes halogenated alkanes) is 1. The molecule has 0 aliphatic rings. The van der Waals surface area contributed by atoms with Crippen molar-refractivity contribution in [3.63, 3.8) is 0 Å². The number of H-pyrrole nitrogens is 1. The van der Waals surface area contributed by atoms with Gasteiger partial charge in [-0.05, 0) is 25.0 Å². The van der Waals surface area contributed by atoms with Gasteiger partial charge in [-0.2, -0.15) is 0 Å². The van der Waals surface area contributed by atoms with Gasteiger partial charge in [0, 0.05) is 5.69 Å². The maximum absolute atomic E-state index is 11.2. The Balaban J connectivity index is 2.89. The molecule has 0 radical (unpaired) electrons. The molecule has 0 spiro atoms. The third kappa shape index (κ3) is 2.45. The highest BCUT2D eigenvalue weighted by Gasteiger charge is 2.07. The van der Waals surface area contributed by atoms with Crippen LogP contribution in [0, 0.1) is 0 Å². The standard InChI is InChI=1S/C10H13NO3/c1-2-3-4-7-5-6-8(10(13)14)9(12)11-7/h5-6H,2-4H2,1H3,(H,11,12)(H,13,14). The van der Waals surface area contributed by atoms with Crippen LogP contribution in [0.5, 0.6) is 0 Å². The van der Waals surface area contributed by atoms with Crippen molar-refractivity contribution in [1.29, 1.82) is 0 Å². The predicted molar refractivity (Wildman–Crippen MR) is 52.6 cm³/mol. The van der Waals surface area contributed by atoms with E-state index in [2.05, 4.69) is 11.9 Å². The van der Waals surface area contributed by atoms with Crippen LogP contribution in [0.2, 0.25) is 0 Å². The number of rotatable bonds is 4. The Hall–Kier alpha value is -1.58. The van der Waals surface area contributed by atoms with Crippen molar-refractivity contribution >= 4 is 5.97 Å². The second-order valence-electron chi connectivity index (χ2n) is 3.14. The second kappa shape index (κ2) is 4.60. The van der Waals surface area contributed by atoms with Crippen molar-refractivity contribution in [2.24, 2.45) is 0 Å². The van der Waals surface area contributed by atoms with Gasteiger partial charge < -0.3 is 10.1 Å². The molecule has 0 saturated heterocycles. The molecule has 76 valence electrons. The number of carbonyl (C=O) groups is 1. The Morgan fingerprint density at radius 3 is 2.71 bits per heavy atom. The molecule has 0 saturated carbocycles. The number of hydrogen-bond acceptors (Lipinski definition) is 2. The molecular weight excluding hydrogens is 182 g/mol. The Kier molecular flexibility index (Phi) is 3.45. The molecule has 1 aromatic heterocycles. The quantitative estimate of drug-likeness (QED) is 0.763. The van der Waals surface area contributed by atoms with E-state index in [1.165, 1.54) is 6.07 Å². The average molecular weight is 195 g/mol. The largest absolute Gasteiger partial charge is 0.477 e. The summed E-state index contributed by atoms with van der Waals surface area (Å²) in [7, 11) is 0. The summed E-state index contributed by atoms with van der Waals surface area (Å²) < 4.78 is 0. The van der Waals surface area contributed by atoms with E-state index >= 15 is 0 Å². The molecule has 0 aliphatic carbocycles. The first kappa shape index (κ1) is 10.5. The van der Waals surface area contributed by atoms with E-state index in [9.17, 15) is 9.59 Å². The fraction of sp³-hybridized carbons (Fsp3) is 0.400. The van der Waals surface area contributed by atoms with Crippen molar-refractivity contribution in [2.75, 3.05) is 0 Å². The third-order valence-electron chi connectivity index (χ3n) is 2.00. The van der Waals surface area contributed by atoms with Crippen LogP contribution in [0.1, 0.15) is 35.8 Å². The smallest absolute Gasteiger partial charge is 0.341 e. The number of pyridine rings is 1. The van der Waals surface area contributed by atoms with Crippen LogP contribution in [0.4, 0.5) is 0 Å². The summed E-state index contributed by atoms with van der Waals surface area (Å²) >= 11 is 0. The number of nitrogens with one attached hydrogen (secondary N) is 1. The van der Waals surface area contributed by atoms with E-state index in [1.807, 2.05) is 0 Å². The summed E-state index contributed by atoms with van der Waals surface area (Å²) in [5.41, 5.74) is 0.0678. The molecule has 1 heterocycles. The topological polar surface area (TPSA) is 70.2 Å². The molecule has 0 aliphatic heterocycles. The van der Waals surface area contributed by atoms with E-state index < -0.39 is 11.5 Å². The Bertz CT molecular complexity index is 381. The van der Waals surface area contributed by atoms with Gasteiger partial charge in [-0.3, -0.25) is 4.79 Å². The van der Waals surface area contributed by atoms with Crippen LogP contribution < -0.4 is 5.56 Å². The highest BCUT2D eigenvalue weighted by molar-refractivity contribution is 5.86. The van der Waals surface area contributed by atoms with Crippen LogP contribution in [-0.2, 0) is 6.42 Å². The average Bonchev–Trinajstić information content (AvgIpc) is 2.14. The SMILES string of the molecule is CCCCc1ccc(C(=O)O)c(=O)[nH]1. The molecule has 0 amide bonds. The number of aromatic amines is 1. The van der Waals surface area contributed by atoms with Crippen LogP contribution in [0.15, 0.2) is 16.9 Å². The monoisotopic (exact) mass is 195 g/mol. The third-order valence-corrected chi connectivity index (χ3v) is 2.00. The van der Waals surface area contributed by atoms with Crippen LogP contribution in [0.25, 0.3) is 0 Å². The zero-order valence-electron chi connectivity index (χ0n) is 8.04. The number of carboxylic acids is 1. The van der Waals surface area contributed by atoms with Crippen molar-refractivity contribution in [3.05, 3.63) is 33.7 Å². The Labute approximate surface area is 81.6 Å². The van der Waals surface area contributed by atoms with Crippen LogP contribution in [-0.4, -0.2) is 16.1 Å². The lowest BCUT2D eigenvalue weighted by Gasteiger charge is -2.00. The van der Waals surface area contributed by atoms with Gasteiger partial charge in [0.25, 0.3) is 5.56 Å². The summed E-state index contributed by atoms with van der Waals surface area (Å²) in [6.07, 6.45) is 2.82. The second-order valence-corrected chi connectivity index (χ2v) is 3.14. The van der Waals surface area contributed by atoms with E-state index in [0.29, 0.717) is 0 Å². The fourth-order valence-electron chi connectivity index (χ4n) is 1.20. The minimum Gasteiger partial charge on any atom is -0.477 e. The van der Waals surface area contributed by atoms with E-state index in [0.717, 1.165) is 25.0 Å². The van der Waals surface area contributed by atoms with Crippen molar-refractivity contribution in [2.45, 2.75) is 26.2 Å². The molecule has 4 heteroatoms. The maximum Gasteiger partial charge on any atom is 0.341 e. The fourth-order valence-corrected chi connectivity index (χ4v) is 1.20. The molecule has 0 aromatic carbocycles. The summed E-state index contributed by atoms with van der Waals surface area (Å²) in [4.78, 5) is 24.3. The summed E-state index contributed by atoms with van der Waals surface area (Å²) in [5.74, 6) is -1.19. The normalized spacial score (nSPS) is 10.1. The number of carboxylic acid groups (broad SMARTS) is 1.